The van der Waals surface area contributed by atoms with Gasteiger partial charge >= 0.3 is 5.97 Å². The number of rotatable bonds is 2. The maximum Gasteiger partial charge on any atom is 0.325 e. The van der Waals surface area contributed by atoms with Gasteiger partial charge in [0.05, 0.1) is 7.11 Å². The third-order valence-corrected chi connectivity index (χ3v) is 4.53. The fourth-order valence-electron chi connectivity index (χ4n) is 2.83. The summed E-state index contributed by atoms with van der Waals surface area (Å²) in [6.45, 7) is 0.0882. The van der Waals surface area contributed by atoms with Crippen LogP contribution in [0.3, 0.4) is 0 Å². The lowest BCUT2D eigenvalue weighted by molar-refractivity contribution is -0.141. The van der Waals surface area contributed by atoms with Gasteiger partial charge in [-0.1, -0.05) is 15.9 Å². The smallest absolute Gasteiger partial charge is 0.325 e. The number of ether oxygens (including phenoxy) is 1. The van der Waals surface area contributed by atoms with E-state index in [9.17, 15) is 14.0 Å². The summed E-state index contributed by atoms with van der Waals surface area (Å²) in [4.78, 5) is 25.1. The van der Waals surface area contributed by atoms with E-state index in [0.717, 1.165) is 10.0 Å². The normalized spacial score (nSPS) is 27.4. The van der Waals surface area contributed by atoms with E-state index in [0.29, 0.717) is 12.0 Å². The summed E-state index contributed by atoms with van der Waals surface area (Å²) in [7, 11) is 1.27. The Morgan fingerprint density at radius 2 is 2.30 bits per heavy atom. The Balaban J connectivity index is 2.01. The molecule has 6 heteroatoms. The van der Waals surface area contributed by atoms with Crippen molar-refractivity contribution in [3.63, 3.8) is 0 Å². The molecule has 1 spiro atoms. The molecule has 1 fully saturated rings. The Morgan fingerprint density at radius 3 is 2.90 bits per heavy atom. The number of benzene rings is 1. The number of alkyl halides is 1. The average Bonchev–Trinajstić information content (AvgIpc) is 3.06. The predicted octanol–water partition coefficient (Wildman–Crippen LogP) is 2.06. The minimum absolute atomic E-state index is 0.140. The topological polar surface area (TPSA) is 46.6 Å². The fraction of sp³-hybridized carbons (Fsp3) is 0.429. The standard InChI is InChI=1S/C14H13BrFNO3/c1-20-12(18)6-17-7-14(5-11(14)16)10-4-8(15)2-3-9(10)13(17)19/h2-4,11H,5-7H2,1H3/t11?,14-/m0/s1. The second-order valence-electron chi connectivity index (χ2n) is 5.26. The summed E-state index contributed by atoms with van der Waals surface area (Å²) in [5.74, 6) is -0.743. The van der Waals surface area contributed by atoms with Crippen LogP contribution in [-0.4, -0.2) is 43.1 Å². The van der Waals surface area contributed by atoms with E-state index < -0.39 is 17.6 Å². The number of carbonyl (C=O) groups excluding carboxylic acids is 2. The van der Waals surface area contributed by atoms with Gasteiger partial charge in [0.15, 0.2) is 0 Å². The molecule has 1 saturated carbocycles. The molecule has 0 aromatic heterocycles. The van der Waals surface area contributed by atoms with Crippen molar-refractivity contribution in [2.75, 3.05) is 20.2 Å². The average molecular weight is 342 g/mol. The highest BCUT2D eigenvalue weighted by Crippen LogP contribution is 2.54. The van der Waals surface area contributed by atoms with Crippen LogP contribution in [0.4, 0.5) is 4.39 Å². The summed E-state index contributed by atoms with van der Waals surface area (Å²) < 4.78 is 19.3. The monoisotopic (exact) mass is 341 g/mol. The van der Waals surface area contributed by atoms with E-state index in [-0.39, 0.29) is 19.0 Å². The van der Waals surface area contributed by atoms with Gasteiger partial charge < -0.3 is 9.64 Å². The number of nitrogens with zero attached hydrogens (tertiary/aromatic N) is 1. The molecule has 1 heterocycles. The number of methoxy groups -OCH3 is 1. The highest BCUT2D eigenvalue weighted by atomic mass is 79.9. The Kier molecular flexibility index (Phi) is 3.08. The van der Waals surface area contributed by atoms with Gasteiger partial charge in [-0.3, -0.25) is 9.59 Å². The van der Waals surface area contributed by atoms with E-state index in [2.05, 4.69) is 20.7 Å². The number of hydrogen-bond acceptors (Lipinski definition) is 3. The zero-order valence-electron chi connectivity index (χ0n) is 10.9. The molecule has 106 valence electrons. The summed E-state index contributed by atoms with van der Waals surface area (Å²) in [5, 5.41) is 0. The molecule has 1 amide bonds. The molecule has 0 saturated heterocycles. The molecule has 20 heavy (non-hydrogen) atoms. The number of hydrogen-bond donors (Lipinski definition) is 0. The number of esters is 1. The van der Waals surface area contributed by atoms with Crippen LogP contribution in [-0.2, 0) is 14.9 Å². The Bertz CT molecular complexity index is 606. The molecular formula is C14H13BrFNO3. The van der Waals surface area contributed by atoms with Gasteiger partial charge in [0.2, 0.25) is 0 Å². The molecule has 1 aromatic rings. The molecular weight excluding hydrogens is 329 g/mol. The predicted molar refractivity (Wildman–Crippen MR) is 73.3 cm³/mol. The summed E-state index contributed by atoms with van der Waals surface area (Å²) in [6, 6.07) is 5.24. The van der Waals surface area contributed by atoms with Crippen LogP contribution in [0.1, 0.15) is 22.3 Å². The summed E-state index contributed by atoms with van der Waals surface area (Å²) >= 11 is 3.35. The molecule has 1 aliphatic carbocycles. The molecule has 1 aliphatic heterocycles. The third kappa shape index (κ3) is 1.93. The first kappa shape index (κ1) is 13.5. The molecule has 4 nitrogen and oxygen atoms in total. The van der Waals surface area contributed by atoms with E-state index in [1.165, 1.54) is 12.0 Å². The van der Waals surface area contributed by atoms with Crippen LogP contribution in [0, 0.1) is 0 Å². The zero-order chi connectivity index (χ0) is 14.5. The molecule has 0 radical (unpaired) electrons. The number of halogens is 2. The van der Waals surface area contributed by atoms with Crippen molar-refractivity contribution < 1.29 is 18.7 Å². The molecule has 1 aromatic carbocycles. The molecule has 1 unspecified atom stereocenters. The SMILES string of the molecule is COC(=O)CN1C[C@@]2(CC2F)c2cc(Br)ccc2C1=O. The van der Waals surface area contributed by atoms with Crippen molar-refractivity contribution in [3.8, 4) is 0 Å². The van der Waals surface area contributed by atoms with Gasteiger partial charge in [0, 0.05) is 22.0 Å². The molecule has 0 N–H and O–H groups in total. The lowest BCUT2D eigenvalue weighted by Gasteiger charge is -2.34. The van der Waals surface area contributed by atoms with Crippen molar-refractivity contribution in [2.45, 2.75) is 18.0 Å². The van der Waals surface area contributed by atoms with Crippen LogP contribution in [0.15, 0.2) is 22.7 Å². The van der Waals surface area contributed by atoms with Crippen LogP contribution in [0.25, 0.3) is 0 Å². The van der Waals surface area contributed by atoms with Gasteiger partial charge in [-0.25, -0.2) is 4.39 Å². The second kappa shape index (κ2) is 4.55. The zero-order valence-corrected chi connectivity index (χ0v) is 12.4. The maximum absolute atomic E-state index is 13.9. The van der Waals surface area contributed by atoms with E-state index in [1.807, 2.05) is 6.07 Å². The van der Waals surface area contributed by atoms with Crippen LogP contribution < -0.4 is 0 Å². The highest BCUT2D eigenvalue weighted by molar-refractivity contribution is 9.10. The minimum Gasteiger partial charge on any atom is -0.468 e. The minimum atomic E-state index is -0.969. The van der Waals surface area contributed by atoms with Crippen molar-refractivity contribution in [1.29, 1.82) is 0 Å². The summed E-state index contributed by atoms with van der Waals surface area (Å²) in [5.41, 5.74) is 0.565. The van der Waals surface area contributed by atoms with Crippen LogP contribution in [0.2, 0.25) is 0 Å². The molecule has 0 bridgehead atoms. The first-order valence-corrected chi connectivity index (χ1v) is 7.07. The second-order valence-corrected chi connectivity index (χ2v) is 6.17. The lowest BCUT2D eigenvalue weighted by Crippen LogP contribution is -2.46. The molecule has 2 aliphatic rings. The Hall–Kier alpha value is -1.43. The van der Waals surface area contributed by atoms with Gasteiger partial charge in [-0.2, -0.15) is 0 Å². The van der Waals surface area contributed by atoms with Gasteiger partial charge in [-0.05, 0) is 30.2 Å². The number of fused-ring (bicyclic) bond motifs is 2. The molecule has 3 rings (SSSR count). The first-order chi connectivity index (χ1) is 9.48. The maximum atomic E-state index is 13.9. The Labute approximate surface area is 124 Å². The Morgan fingerprint density at radius 1 is 1.60 bits per heavy atom. The summed E-state index contributed by atoms with van der Waals surface area (Å²) in [6.07, 6.45) is -0.578. The first-order valence-electron chi connectivity index (χ1n) is 6.28. The van der Waals surface area contributed by atoms with E-state index in [1.54, 1.807) is 12.1 Å². The van der Waals surface area contributed by atoms with Gasteiger partial charge in [0.25, 0.3) is 5.91 Å². The van der Waals surface area contributed by atoms with Crippen LogP contribution in [0.5, 0.6) is 0 Å². The third-order valence-electron chi connectivity index (χ3n) is 4.04. The van der Waals surface area contributed by atoms with Gasteiger partial charge in [-0.15, -0.1) is 0 Å². The molecule has 2 atom stereocenters. The van der Waals surface area contributed by atoms with Crippen molar-refractivity contribution in [2.24, 2.45) is 0 Å². The lowest BCUT2D eigenvalue weighted by atomic mass is 9.86. The van der Waals surface area contributed by atoms with E-state index >= 15 is 0 Å². The fourth-order valence-corrected chi connectivity index (χ4v) is 3.20. The van der Waals surface area contributed by atoms with Crippen molar-refractivity contribution in [3.05, 3.63) is 33.8 Å². The van der Waals surface area contributed by atoms with E-state index in [4.69, 9.17) is 0 Å². The highest BCUT2D eigenvalue weighted by Gasteiger charge is 2.61. The van der Waals surface area contributed by atoms with Crippen molar-refractivity contribution >= 4 is 27.8 Å². The van der Waals surface area contributed by atoms with Crippen molar-refractivity contribution in [1.82, 2.24) is 4.90 Å². The number of carbonyl (C=O) groups is 2. The number of amides is 1. The van der Waals surface area contributed by atoms with Crippen LogP contribution >= 0.6 is 15.9 Å². The quantitative estimate of drug-likeness (QED) is 0.773. The largest absolute Gasteiger partial charge is 0.468 e. The van der Waals surface area contributed by atoms with Gasteiger partial charge in [0.1, 0.15) is 12.7 Å².